The molecule has 4 rings (SSSR count). The lowest BCUT2D eigenvalue weighted by molar-refractivity contribution is 0.0712. The van der Waals surface area contributed by atoms with E-state index < -0.39 is 0 Å². The summed E-state index contributed by atoms with van der Waals surface area (Å²) in [5, 5.41) is 1.78. The molecule has 2 heterocycles. The molecule has 3 aromatic rings. The van der Waals surface area contributed by atoms with E-state index in [-0.39, 0.29) is 5.91 Å². The van der Waals surface area contributed by atoms with Crippen LogP contribution in [-0.4, -0.2) is 28.9 Å². The standard InChI is InChI=1S/C20H19ClN2O/c21-17-7-3-2-6-16(17)20(24)23-11-9-14(10-12-23)19-13-15-5-1-4-8-18(15)22-19/h1-8,13-14,22H,9-12H2. The number of piperidine rings is 1. The first-order valence-electron chi connectivity index (χ1n) is 8.34. The predicted molar refractivity (Wildman–Crippen MR) is 97.6 cm³/mol. The molecular formula is C20H19ClN2O. The first-order chi connectivity index (χ1) is 11.7. The molecule has 2 aromatic carbocycles. The van der Waals surface area contributed by atoms with Crippen molar-refractivity contribution in [1.82, 2.24) is 9.88 Å². The minimum absolute atomic E-state index is 0.0377. The highest BCUT2D eigenvalue weighted by atomic mass is 35.5. The maximum Gasteiger partial charge on any atom is 0.255 e. The van der Waals surface area contributed by atoms with Gasteiger partial charge < -0.3 is 9.88 Å². The van der Waals surface area contributed by atoms with Crippen LogP contribution < -0.4 is 0 Å². The zero-order valence-electron chi connectivity index (χ0n) is 13.3. The molecule has 1 saturated heterocycles. The van der Waals surface area contributed by atoms with Gasteiger partial charge in [-0.05, 0) is 42.5 Å². The Labute approximate surface area is 146 Å². The Morgan fingerprint density at radius 2 is 1.75 bits per heavy atom. The van der Waals surface area contributed by atoms with Crippen LogP contribution in [0, 0.1) is 0 Å². The number of rotatable bonds is 2. The molecule has 4 heteroatoms. The molecule has 1 aliphatic heterocycles. The van der Waals surface area contributed by atoms with E-state index >= 15 is 0 Å². The highest BCUT2D eigenvalue weighted by Crippen LogP contribution is 2.31. The molecule has 0 spiro atoms. The van der Waals surface area contributed by atoms with Crippen LogP contribution in [0.25, 0.3) is 10.9 Å². The van der Waals surface area contributed by atoms with Crippen LogP contribution in [0.3, 0.4) is 0 Å². The quantitative estimate of drug-likeness (QED) is 0.713. The molecule has 24 heavy (non-hydrogen) atoms. The van der Waals surface area contributed by atoms with E-state index in [4.69, 9.17) is 11.6 Å². The molecule has 1 amide bonds. The molecule has 1 aliphatic rings. The highest BCUT2D eigenvalue weighted by Gasteiger charge is 2.26. The van der Waals surface area contributed by atoms with Crippen molar-refractivity contribution < 1.29 is 4.79 Å². The third-order valence-corrected chi connectivity index (χ3v) is 5.21. The fourth-order valence-electron chi connectivity index (χ4n) is 3.51. The Kier molecular flexibility index (Phi) is 4.03. The number of para-hydroxylation sites is 1. The molecular weight excluding hydrogens is 320 g/mol. The molecule has 0 radical (unpaired) electrons. The van der Waals surface area contributed by atoms with Crippen LogP contribution in [0.5, 0.6) is 0 Å². The van der Waals surface area contributed by atoms with E-state index in [1.807, 2.05) is 23.1 Å². The zero-order valence-corrected chi connectivity index (χ0v) is 14.1. The number of H-pyrrole nitrogens is 1. The van der Waals surface area contributed by atoms with E-state index in [0.717, 1.165) is 25.9 Å². The second-order valence-electron chi connectivity index (χ2n) is 6.36. The number of benzene rings is 2. The normalized spacial score (nSPS) is 15.8. The number of hydrogen-bond acceptors (Lipinski definition) is 1. The fourth-order valence-corrected chi connectivity index (χ4v) is 3.73. The predicted octanol–water partition coefficient (Wildman–Crippen LogP) is 4.84. The van der Waals surface area contributed by atoms with Gasteiger partial charge in [0.2, 0.25) is 0 Å². The minimum atomic E-state index is 0.0377. The van der Waals surface area contributed by atoms with Crippen LogP contribution in [0.2, 0.25) is 5.02 Å². The third kappa shape index (κ3) is 2.80. The van der Waals surface area contributed by atoms with Gasteiger partial charge in [-0.25, -0.2) is 0 Å². The summed E-state index contributed by atoms with van der Waals surface area (Å²) in [6.07, 6.45) is 1.95. The molecule has 0 aliphatic carbocycles. The Balaban J connectivity index is 1.47. The lowest BCUT2D eigenvalue weighted by atomic mass is 9.93. The van der Waals surface area contributed by atoms with Crippen molar-refractivity contribution >= 4 is 28.4 Å². The number of likely N-dealkylation sites (tertiary alicyclic amines) is 1. The van der Waals surface area contributed by atoms with Crippen molar-refractivity contribution in [3.05, 3.63) is 70.9 Å². The van der Waals surface area contributed by atoms with Gasteiger partial charge in [-0.15, -0.1) is 0 Å². The maximum atomic E-state index is 12.6. The van der Waals surface area contributed by atoms with Crippen molar-refractivity contribution in [1.29, 1.82) is 0 Å². The summed E-state index contributed by atoms with van der Waals surface area (Å²) in [6, 6.07) is 17.9. The number of aromatic amines is 1. The van der Waals surface area contributed by atoms with Crippen LogP contribution >= 0.6 is 11.6 Å². The number of nitrogens with zero attached hydrogens (tertiary/aromatic N) is 1. The Morgan fingerprint density at radius 1 is 1.04 bits per heavy atom. The molecule has 0 bridgehead atoms. The van der Waals surface area contributed by atoms with Crippen LogP contribution in [0.1, 0.15) is 34.8 Å². The molecule has 1 aromatic heterocycles. The number of carbonyl (C=O) groups is 1. The average molecular weight is 339 g/mol. The second kappa shape index (κ2) is 6.33. The monoisotopic (exact) mass is 338 g/mol. The average Bonchev–Trinajstić information content (AvgIpc) is 3.06. The van der Waals surface area contributed by atoms with Gasteiger partial charge in [0.25, 0.3) is 5.91 Å². The first-order valence-corrected chi connectivity index (χ1v) is 8.71. The third-order valence-electron chi connectivity index (χ3n) is 4.88. The van der Waals surface area contributed by atoms with E-state index in [2.05, 4.69) is 29.2 Å². The van der Waals surface area contributed by atoms with Gasteiger partial charge in [0, 0.05) is 30.2 Å². The minimum Gasteiger partial charge on any atom is -0.358 e. The van der Waals surface area contributed by atoms with E-state index in [0.29, 0.717) is 16.5 Å². The summed E-state index contributed by atoms with van der Waals surface area (Å²) in [5.41, 5.74) is 3.06. The molecule has 122 valence electrons. The van der Waals surface area contributed by atoms with Gasteiger partial charge in [0.1, 0.15) is 0 Å². The first kappa shape index (κ1) is 15.3. The van der Waals surface area contributed by atoms with Crippen molar-refractivity contribution in [2.45, 2.75) is 18.8 Å². The van der Waals surface area contributed by atoms with Gasteiger partial charge in [-0.3, -0.25) is 4.79 Å². The molecule has 1 fully saturated rings. The SMILES string of the molecule is O=C(c1ccccc1Cl)N1CCC(c2cc3ccccc3[nH]2)CC1. The number of fused-ring (bicyclic) bond motifs is 1. The smallest absolute Gasteiger partial charge is 0.255 e. The van der Waals surface area contributed by atoms with Crippen LogP contribution in [0.4, 0.5) is 0 Å². The molecule has 0 unspecified atom stereocenters. The van der Waals surface area contributed by atoms with E-state index in [1.165, 1.54) is 16.6 Å². The van der Waals surface area contributed by atoms with Crippen molar-refractivity contribution in [2.75, 3.05) is 13.1 Å². The van der Waals surface area contributed by atoms with Crippen molar-refractivity contribution in [3.8, 4) is 0 Å². The fraction of sp³-hybridized carbons (Fsp3) is 0.250. The van der Waals surface area contributed by atoms with Gasteiger partial charge in [0.05, 0.1) is 10.6 Å². The van der Waals surface area contributed by atoms with Crippen LogP contribution in [0.15, 0.2) is 54.6 Å². The van der Waals surface area contributed by atoms with E-state index in [9.17, 15) is 4.79 Å². The van der Waals surface area contributed by atoms with Crippen molar-refractivity contribution in [2.24, 2.45) is 0 Å². The van der Waals surface area contributed by atoms with Gasteiger partial charge >= 0.3 is 0 Å². The lowest BCUT2D eigenvalue weighted by Crippen LogP contribution is -2.38. The number of amides is 1. The lowest BCUT2D eigenvalue weighted by Gasteiger charge is -2.32. The summed E-state index contributed by atoms with van der Waals surface area (Å²) in [4.78, 5) is 18.1. The molecule has 0 atom stereocenters. The molecule has 1 N–H and O–H groups in total. The number of halogens is 1. The number of nitrogens with one attached hydrogen (secondary N) is 1. The molecule has 3 nitrogen and oxygen atoms in total. The van der Waals surface area contributed by atoms with E-state index in [1.54, 1.807) is 12.1 Å². The highest BCUT2D eigenvalue weighted by molar-refractivity contribution is 6.33. The molecule has 0 saturated carbocycles. The summed E-state index contributed by atoms with van der Waals surface area (Å²) >= 11 is 6.16. The summed E-state index contributed by atoms with van der Waals surface area (Å²) in [5.74, 6) is 0.517. The summed E-state index contributed by atoms with van der Waals surface area (Å²) in [7, 11) is 0. The number of aromatic nitrogens is 1. The largest absolute Gasteiger partial charge is 0.358 e. The van der Waals surface area contributed by atoms with Crippen LogP contribution in [-0.2, 0) is 0 Å². The zero-order chi connectivity index (χ0) is 16.5. The Morgan fingerprint density at radius 3 is 2.50 bits per heavy atom. The number of hydrogen-bond donors (Lipinski definition) is 1. The summed E-state index contributed by atoms with van der Waals surface area (Å²) < 4.78 is 0. The van der Waals surface area contributed by atoms with Gasteiger partial charge in [0.15, 0.2) is 0 Å². The maximum absolute atomic E-state index is 12.6. The Hall–Kier alpha value is -2.26. The van der Waals surface area contributed by atoms with Crippen molar-refractivity contribution in [3.63, 3.8) is 0 Å². The second-order valence-corrected chi connectivity index (χ2v) is 6.77. The number of carbonyl (C=O) groups excluding carboxylic acids is 1. The van der Waals surface area contributed by atoms with Gasteiger partial charge in [-0.1, -0.05) is 41.9 Å². The Bertz CT molecular complexity index is 845. The van der Waals surface area contributed by atoms with Gasteiger partial charge in [-0.2, -0.15) is 0 Å². The topological polar surface area (TPSA) is 36.1 Å². The summed E-state index contributed by atoms with van der Waals surface area (Å²) in [6.45, 7) is 1.54.